The zero-order valence-corrected chi connectivity index (χ0v) is 5.46. The van der Waals surface area contributed by atoms with E-state index < -0.39 is 0 Å². The summed E-state index contributed by atoms with van der Waals surface area (Å²) in [5.74, 6) is 0. The minimum atomic E-state index is 0.648. The highest BCUT2D eigenvalue weighted by molar-refractivity contribution is 5.74. The van der Waals surface area contributed by atoms with Gasteiger partial charge in [0.1, 0.15) is 5.69 Å². The molecule has 1 aromatic rings. The molecule has 0 radical (unpaired) electrons. The first-order chi connectivity index (χ1) is 4.25. The number of hydrogen-bond acceptors (Lipinski definition) is 2. The van der Waals surface area contributed by atoms with Gasteiger partial charge in [0.2, 0.25) is 0 Å². The van der Waals surface area contributed by atoms with Crippen LogP contribution in [0.25, 0.3) is 0 Å². The fourth-order valence-electron chi connectivity index (χ4n) is 0.726. The number of hydrogen-bond donors (Lipinski definition) is 0. The number of rotatable bonds is 1. The van der Waals surface area contributed by atoms with E-state index in [2.05, 4.69) is 5.10 Å². The predicted molar refractivity (Wildman–Crippen MR) is 33.3 cm³/mol. The smallest absolute Gasteiger partial charge is 0.168 e. The van der Waals surface area contributed by atoms with Crippen molar-refractivity contribution in [1.29, 1.82) is 0 Å². The normalized spacial score (nSPS) is 9.56. The Kier molecular flexibility index (Phi) is 1.34. The Morgan fingerprint density at radius 2 is 2.44 bits per heavy atom. The molecule has 0 saturated carbocycles. The minimum Gasteiger partial charge on any atom is -0.296 e. The maximum Gasteiger partial charge on any atom is 0.168 e. The van der Waals surface area contributed by atoms with Crippen molar-refractivity contribution in [3.8, 4) is 0 Å². The molecule has 0 fully saturated rings. The Labute approximate surface area is 53.3 Å². The maximum atomic E-state index is 10.2. The van der Waals surface area contributed by atoms with Crippen LogP contribution in [0.1, 0.15) is 16.1 Å². The lowest BCUT2D eigenvalue weighted by atomic mass is 10.3. The van der Waals surface area contributed by atoms with Crippen molar-refractivity contribution in [3.63, 3.8) is 0 Å². The summed E-state index contributed by atoms with van der Waals surface area (Å²) in [6, 6.07) is 0. The summed E-state index contributed by atoms with van der Waals surface area (Å²) < 4.78 is 1.56. The van der Waals surface area contributed by atoms with Gasteiger partial charge in [-0.25, -0.2) is 0 Å². The van der Waals surface area contributed by atoms with Gasteiger partial charge < -0.3 is 0 Å². The summed E-state index contributed by atoms with van der Waals surface area (Å²) in [4.78, 5) is 10.2. The second-order valence-corrected chi connectivity index (χ2v) is 1.95. The highest BCUT2D eigenvalue weighted by atomic mass is 16.1. The van der Waals surface area contributed by atoms with Crippen molar-refractivity contribution in [3.05, 3.63) is 17.5 Å². The van der Waals surface area contributed by atoms with E-state index in [0.29, 0.717) is 5.69 Å². The molecule has 0 bridgehead atoms. The highest BCUT2D eigenvalue weighted by Crippen LogP contribution is 2.00. The SMILES string of the molecule is Cc1cnn(C)c1C=O. The lowest BCUT2D eigenvalue weighted by Crippen LogP contribution is -1.96. The monoisotopic (exact) mass is 124 g/mol. The van der Waals surface area contributed by atoms with E-state index in [-0.39, 0.29) is 0 Å². The third-order valence-corrected chi connectivity index (χ3v) is 1.29. The van der Waals surface area contributed by atoms with E-state index in [4.69, 9.17) is 0 Å². The molecular formula is C6H8N2O. The van der Waals surface area contributed by atoms with Crippen LogP contribution in [0.4, 0.5) is 0 Å². The largest absolute Gasteiger partial charge is 0.296 e. The van der Waals surface area contributed by atoms with Crippen LogP contribution < -0.4 is 0 Å². The van der Waals surface area contributed by atoms with E-state index >= 15 is 0 Å². The zero-order chi connectivity index (χ0) is 6.85. The van der Waals surface area contributed by atoms with Crippen LogP contribution in [0.15, 0.2) is 6.20 Å². The Balaban J connectivity index is 3.22. The Bertz CT molecular complexity index is 207. The van der Waals surface area contributed by atoms with Gasteiger partial charge in [-0.15, -0.1) is 0 Å². The summed E-state index contributed by atoms with van der Waals surface area (Å²) in [5.41, 5.74) is 1.57. The van der Waals surface area contributed by atoms with Crippen LogP contribution in [-0.2, 0) is 7.05 Å². The third kappa shape index (κ3) is 0.850. The topological polar surface area (TPSA) is 34.9 Å². The summed E-state index contributed by atoms with van der Waals surface area (Å²) in [5, 5.41) is 3.87. The summed E-state index contributed by atoms with van der Waals surface area (Å²) in [6.07, 6.45) is 2.48. The van der Waals surface area contributed by atoms with E-state index in [9.17, 15) is 4.79 Å². The first kappa shape index (κ1) is 6.01. The second kappa shape index (κ2) is 2.01. The van der Waals surface area contributed by atoms with Gasteiger partial charge in [-0.1, -0.05) is 0 Å². The lowest BCUT2D eigenvalue weighted by molar-refractivity contribution is 0.111. The van der Waals surface area contributed by atoms with E-state index in [1.807, 2.05) is 6.92 Å². The number of aryl methyl sites for hydroxylation is 2. The highest BCUT2D eigenvalue weighted by Gasteiger charge is 1.99. The molecule has 0 spiro atoms. The van der Waals surface area contributed by atoms with Crippen LogP contribution in [0.5, 0.6) is 0 Å². The number of carbonyl (C=O) groups is 1. The van der Waals surface area contributed by atoms with E-state index in [1.165, 1.54) is 0 Å². The molecule has 1 aromatic heterocycles. The molecule has 0 N–H and O–H groups in total. The molecule has 0 aliphatic heterocycles. The first-order valence-corrected chi connectivity index (χ1v) is 2.69. The lowest BCUT2D eigenvalue weighted by Gasteiger charge is -1.89. The van der Waals surface area contributed by atoms with Gasteiger partial charge in [0.05, 0.1) is 6.20 Å². The molecular weight excluding hydrogens is 116 g/mol. The molecule has 9 heavy (non-hydrogen) atoms. The Hall–Kier alpha value is -1.12. The number of aromatic nitrogens is 2. The van der Waals surface area contributed by atoms with Crippen molar-refractivity contribution < 1.29 is 4.79 Å². The van der Waals surface area contributed by atoms with Gasteiger partial charge in [-0.3, -0.25) is 9.48 Å². The second-order valence-electron chi connectivity index (χ2n) is 1.95. The molecule has 0 amide bonds. The maximum absolute atomic E-state index is 10.2. The van der Waals surface area contributed by atoms with Crippen molar-refractivity contribution >= 4 is 6.29 Å². The van der Waals surface area contributed by atoms with Gasteiger partial charge in [-0.2, -0.15) is 5.10 Å². The first-order valence-electron chi connectivity index (χ1n) is 2.69. The minimum absolute atomic E-state index is 0.648. The van der Waals surface area contributed by atoms with Crippen LogP contribution >= 0.6 is 0 Å². The molecule has 0 unspecified atom stereocenters. The molecule has 0 atom stereocenters. The van der Waals surface area contributed by atoms with E-state index in [1.54, 1.807) is 17.9 Å². The molecule has 3 nitrogen and oxygen atoms in total. The van der Waals surface area contributed by atoms with Gasteiger partial charge in [-0.05, 0) is 12.5 Å². The van der Waals surface area contributed by atoms with Crippen molar-refractivity contribution in [2.45, 2.75) is 6.92 Å². The zero-order valence-electron chi connectivity index (χ0n) is 5.46. The fourth-order valence-corrected chi connectivity index (χ4v) is 0.726. The summed E-state index contributed by atoms with van der Waals surface area (Å²) in [7, 11) is 1.75. The quantitative estimate of drug-likeness (QED) is 0.512. The molecule has 0 aromatic carbocycles. The molecule has 3 heteroatoms. The fraction of sp³-hybridized carbons (Fsp3) is 0.333. The average Bonchev–Trinajstić information content (AvgIpc) is 2.12. The molecule has 0 aliphatic carbocycles. The molecule has 1 rings (SSSR count). The Morgan fingerprint density at radius 3 is 2.67 bits per heavy atom. The predicted octanol–water partition coefficient (Wildman–Crippen LogP) is 0.541. The average molecular weight is 124 g/mol. The van der Waals surface area contributed by atoms with Crippen LogP contribution in [0, 0.1) is 6.92 Å². The van der Waals surface area contributed by atoms with Gasteiger partial charge >= 0.3 is 0 Å². The standard InChI is InChI=1S/C6H8N2O/c1-5-3-7-8(2)6(5)4-9/h3-4H,1-2H3. The molecule has 0 aliphatic rings. The summed E-state index contributed by atoms with van der Waals surface area (Å²) in [6.45, 7) is 1.86. The number of nitrogens with zero attached hydrogens (tertiary/aromatic N) is 2. The van der Waals surface area contributed by atoms with Crippen LogP contribution in [-0.4, -0.2) is 16.1 Å². The molecule has 48 valence electrons. The van der Waals surface area contributed by atoms with Gasteiger partial charge in [0.15, 0.2) is 6.29 Å². The van der Waals surface area contributed by atoms with Crippen LogP contribution in [0.2, 0.25) is 0 Å². The van der Waals surface area contributed by atoms with Crippen molar-refractivity contribution in [1.82, 2.24) is 9.78 Å². The molecule has 1 heterocycles. The van der Waals surface area contributed by atoms with Crippen molar-refractivity contribution in [2.24, 2.45) is 7.05 Å². The molecule has 0 saturated heterocycles. The van der Waals surface area contributed by atoms with Crippen molar-refractivity contribution in [2.75, 3.05) is 0 Å². The Morgan fingerprint density at radius 1 is 1.78 bits per heavy atom. The number of carbonyl (C=O) groups excluding carboxylic acids is 1. The summed E-state index contributed by atoms with van der Waals surface area (Å²) >= 11 is 0. The van der Waals surface area contributed by atoms with Gasteiger partial charge in [0.25, 0.3) is 0 Å². The number of aldehydes is 1. The van der Waals surface area contributed by atoms with Crippen LogP contribution in [0.3, 0.4) is 0 Å². The third-order valence-electron chi connectivity index (χ3n) is 1.29. The van der Waals surface area contributed by atoms with E-state index in [0.717, 1.165) is 11.8 Å². The van der Waals surface area contributed by atoms with Gasteiger partial charge in [0, 0.05) is 7.05 Å².